The second-order valence-electron chi connectivity index (χ2n) is 6.12. The van der Waals surface area contributed by atoms with E-state index in [1.807, 2.05) is 0 Å². The van der Waals surface area contributed by atoms with Gasteiger partial charge in [-0.3, -0.25) is 4.18 Å². The molecule has 0 radical (unpaired) electrons. The fraction of sp³-hybridized carbons (Fsp3) is 0.917. The molecule has 1 rings (SSSR count). The summed E-state index contributed by atoms with van der Waals surface area (Å²) in [7, 11) is -5.60. The van der Waals surface area contributed by atoms with E-state index >= 15 is 0 Å². The third kappa shape index (κ3) is 5.64. The smallest absolute Gasteiger partial charge is 0.444 e. The molecule has 0 N–H and O–H groups in total. The number of likely N-dealkylation sites (tertiary alicyclic amines) is 1. The van der Waals surface area contributed by atoms with Gasteiger partial charge < -0.3 is 9.64 Å². The molecule has 0 unspecified atom stereocenters. The lowest BCUT2D eigenvalue weighted by Gasteiger charge is -2.33. The third-order valence-electron chi connectivity index (χ3n) is 2.91. The Balaban J connectivity index is 2.56. The molecular formula is C12H20F3NO5S. The number of hydrogen-bond acceptors (Lipinski definition) is 5. The van der Waals surface area contributed by atoms with Gasteiger partial charge in [0.05, 0.1) is 6.61 Å². The van der Waals surface area contributed by atoms with Crippen LogP contribution >= 0.6 is 0 Å². The van der Waals surface area contributed by atoms with Crippen molar-refractivity contribution in [1.29, 1.82) is 0 Å². The van der Waals surface area contributed by atoms with Crippen LogP contribution in [-0.4, -0.2) is 50.2 Å². The number of alkyl halides is 3. The van der Waals surface area contributed by atoms with Crippen LogP contribution in [0.15, 0.2) is 0 Å². The lowest BCUT2D eigenvalue weighted by Crippen LogP contribution is -2.44. The largest absolute Gasteiger partial charge is 0.523 e. The number of hydrogen-bond donors (Lipinski definition) is 0. The Kier molecular flexibility index (Phi) is 5.71. The minimum absolute atomic E-state index is 0.0995. The molecular weight excluding hydrogens is 327 g/mol. The zero-order valence-electron chi connectivity index (χ0n) is 12.6. The number of piperidine rings is 1. The topological polar surface area (TPSA) is 72.9 Å². The summed E-state index contributed by atoms with van der Waals surface area (Å²) in [5, 5.41) is 0. The van der Waals surface area contributed by atoms with Gasteiger partial charge in [-0.2, -0.15) is 21.6 Å². The number of carbonyl (C=O) groups is 1. The molecule has 1 aliphatic heterocycles. The fourth-order valence-corrected chi connectivity index (χ4v) is 2.45. The van der Waals surface area contributed by atoms with Crippen molar-refractivity contribution in [3.8, 4) is 0 Å². The van der Waals surface area contributed by atoms with Gasteiger partial charge >= 0.3 is 21.7 Å². The van der Waals surface area contributed by atoms with Gasteiger partial charge in [0.2, 0.25) is 0 Å². The molecule has 0 saturated carbocycles. The molecule has 1 amide bonds. The van der Waals surface area contributed by atoms with Crippen LogP contribution in [0.2, 0.25) is 0 Å². The Morgan fingerprint density at radius 2 is 1.86 bits per heavy atom. The molecule has 0 spiro atoms. The number of carbonyl (C=O) groups excluding carboxylic acids is 1. The van der Waals surface area contributed by atoms with Crippen molar-refractivity contribution >= 4 is 16.2 Å². The summed E-state index contributed by atoms with van der Waals surface area (Å²) in [6.45, 7) is 5.00. The Morgan fingerprint density at radius 3 is 2.36 bits per heavy atom. The van der Waals surface area contributed by atoms with Gasteiger partial charge in [0.1, 0.15) is 5.60 Å². The first-order valence-electron chi connectivity index (χ1n) is 6.75. The van der Waals surface area contributed by atoms with Crippen LogP contribution < -0.4 is 0 Å². The molecule has 130 valence electrons. The zero-order chi connectivity index (χ0) is 17.2. The van der Waals surface area contributed by atoms with Crippen LogP contribution in [0, 0.1) is 5.92 Å². The van der Waals surface area contributed by atoms with Crippen LogP contribution in [0.4, 0.5) is 18.0 Å². The van der Waals surface area contributed by atoms with Gasteiger partial charge in [-0.1, -0.05) is 0 Å². The lowest BCUT2D eigenvalue weighted by molar-refractivity contribution is -0.0558. The maximum Gasteiger partial charge on any atom is 0.523 e. The molecule has 0 aromatic heterocycles. The highest BCUT2D eigenvalue weighted by Crippen LogP contribution is 2.26. The molecule has 1 fully saturated rings. The lowest BCUT2D eigenvalue weighted by atomic mass is 9.99. The number of nitrogens with zero attached hydrogens (tertiary/aromatic N) is 1. The monoisotopic (exact) mass is 347 g/mol. The van der Waals surface area contributed by atoms with E-state index in [2.05, 4.69) is 4.18 Å². The maximum absolute atomic E-state index is 12.2. The number of ether oxygens (including phenoxy) is 1. The number of rotatable bonds is 3. The van der Waals surface area contributed by atoms with Gasteiger partial charge in [0.25, 0.3) is 0 Å². The predicted octanol–water partition coefficient (Wildman–Crippen LogP) is 2.50. The molecule has 0 aromatic carbocycles. The van der Waals surface area contributed by atoms with Crippen molar-refractivity contribution in [2.45, 2.75) is 44.7 Å². The van der Waals surface area contributed by atoms with Crippen molar-refractivity contribution in [3.63, 3.8) is 0 Å². The van der Waals surface area contributed by atoms with Crippen LogP contribution in [0.25, 0.3) is 0 Å². The molecule has 10 heteroatoms. The van der Waals surface area contributed by atoms with E-state index in [1.54, 1.807) is 20.8 Å². The number of amides is 1. The quantitative estimate of drug-likeness (QED) is 0.579. The van der Waals surface area contributed by atoms with E-state index in [4.69, 9.17) is 4.74 Å². The van der Waals surface area contributed by atoms with Crippen LogP contribution in [0.5, 0.6) is 0 Å². The first-order chi connectivity index (χ1) is 9.82. The summed E-state index contributed by atoms with van der Waals surface area (Å²) in [6, 6.07) is 0. The van der Waals surface area contributed by atoms with E-state index in [0.29, 0.717) is 19.4 Å². The van der Waals surface area contributed by atoms with Gasteiger partial charge in [-0.25, -0.2) is 4.79 Å². The summed E-state index contributed by atoms with van der Waals surface area (Å²) in [5.74, 6) is -0.488. The summed E-state index contributed by atoms with van der Waals surface area (Å²) in [6.07, 6.45) is 0.447. The molecule has 1 atom stereocenters. The standard InChI is InChI=1S/C12H20F3NO5S/c1-11(2,3)21-10(17)16-6-4-5-9(7-16)8-20-22(18,19)12(13,14)15/h9H,4-8H2,1-3H3/t9-/m1/s1. The fourth-order valence-electron chi connectivity index (χ4n) is 1.95. The van der Waals surface area contributed by atoms with Gasteiger partial charge in [-0.15, -0.1) is 0 Å². The first-order valence-corrected chi connectivity index (χ1v) is 8.16. The molecule has 22 heavy (non-hydrogen) atoms. The van der Waals surface area contributed by atoms with Crippen molar-refractivity contribution in [3.05, 3.63) is 0 Å². The molecule has 6 nitrogen and oxygen atoms in total. The van der Waals surface area contributed by atoms with E-state index < -0.39 is 39.8 Å². The van der Waals surface area contributed by atoms with Crippen LogP contribution in [0.1, 0.15) is 33.6 Å². The van der Waals surface area contributed by atoms with Crippen molar-refractivity contribution in [1.82, 2.24) is 4.90 Å². The highest BCUT2D eigenvalue weighted by atomic mass is 32.2. The zero-order valence-corrected chi connectivity index (χ0v) is 13.5. The minimum Gasteiger partial charge on any atom is -0.444 e. The molecule has 0 aromatic rings. The van der Waals surface area contributed by atoms with E-state index in [9.17, 15) is 26.4 Å². The summed E-state index contributed by atoms with van der Waals surface area (Å²) < 4.78 is 67.4. The Labute approximate surface area is 127 Å². The van der Waals surface area contributed by atoms with Crippen LogP contribution in [0.3, 0.4) is 0 Å². The van der Waals surface area contributed by atoms with Gasteiger partial charge in [-0.05, 0) is 33.6 Å². The average Bonchev–Trinajstić information content (AvgIpc) is 2.33. The molecule has 0 bridgehead atoms. The SMILES string of the molecule is CC(C)(C)OC(=O)N1CCC[C@@H](COS(=O)(=O)C(F)(F)F)C1. The molecule has 1 aliphatic rings. The molecule has 1 heterocycles. The highest BCUT2D eigenvalue weighted by Gasteiger charge is 2.47. The maximum atomic E-state index is 12.2. The molecule has 1 saturated heterocycles. The van der Waals surface area contributed by atoms with E-state index in [-0.39, 0.29) is 6.54 Å². The summed E-state index contributed by atoms with van der Waals surface area (Å²) in [5.41, 5.74) is -6.12. The molecule has 0 aliphatic carbocycles. The minimum atomic E-state index is -5.60. The first kappa shape index (κ1) is 19.0. The second kappa shape index (κ2) is 6.61. The highest BCUT2D eigenvalue weighted by molar-refractivity contribution is 7.87. The normalized spacial score (nSPS) is 20.8. The number of halogens is 3. The van der Waals surface area contributed by atoms with Crippen molar-refractivity contribution in [2.24, 2.45) is 5.92 Å². The van der Waals surface area contributed by atoms with Gasteiger partial charge in [0, 0.05) is 19.0 Å². The Morgan fingerprint density at radius 1 is 1.27 bits per heavy atom. The van der Waals surface area contributed by atoms with E-state index in [0.717, 1.165) is 0 Å². The predicted molar refractivity (Wildman–Crippen MR) is 71.5 cm³/mol. The Hall–Kier alpha value is -1.03. The van der Waals surface area contributed by atoms with Crippen molar-refractivity contribution in [2.75, 3.05) is 19.7 Å². The van der Waals surface area contributed by atoms with Crippen LogP contribution in [-0.2, 0) is 19.0 Å². The summed E-state index contributed by atoms with van der Waals surface area (Å²) in [4.78, 5) is 13.2. The third-order valence-corrected chi connectivity index (χ3v) is 3.93. The summed E-state index contributed by atoms with van der Waals surface area (Å²) >= 11 is 0. The average molecular weight is 347 g/mol. The second-order valence-corrected chi connectivity index (χ2v) is 7.73. The van der Waals surface area contributed by atoms with Gasteiger partial charge in [0.15, 0.2) is 0 Å². The Bertz CT molecular complexity index is 498. The van der Waals surface area contributed by atoms with Crippen molar-refractivity contribution < 1.29 is 35.3 Å². The van der Waals surface area contributed by atoms with E-state index in [1.165, 1.54) is 4.90 Å².